The van der Waals surface area contributed by atoms with Crippen LogP contribution in [0.3, 0.4) is 0 Å². The van der Waals surface area contributed by atoms with E-state index in [1.54, 1.807) is 7.11 Å². The van der Waals surface area contributed by atoms with E-state index in [1.807, 2.05) is 6.07 Å². The highest BCUT2D eigenvalue weighted by Gasteiger charge is 2.21. The molecule has 1 aromatic rings. The lowest BCUT2D eigenvalue weighted by molar-refractivity contribution is 0.122. The van der Waals surface area contributed by atoms with Crippen LogP contribution in [0.25, 0.3) is 0 Å². The second kappa shape index (κ2) is 5.17. The van der Waals surface area contributed by atoms with Crippen LogP contribution in [0.15, 0.2) is 16.6 Å². The Morgan fingerprint density at radius 2 is 1.94 bits per heavy atom. The molecule has 0 radical (unpaired) electrons. The van der Waals surface area contributed by atoms with E-state index in [1.165, 1.54) is 0 Å². The third kappa shape index (κ3) is 2.97. The number of hydrogen-bond acceptors (Lipinski definition) is 3. The summed E-state index contributed by atoms with van der Waals surface area (Å²) < 4.78 is 6.46. The summed E-state index contributed by atoms with van der Waals surface area (Å²) in [6.45, 7) is 6.77. The third-order valence-electron chi connectivity index (χ3n) is 2.38. The van der Waals surface area contributed by atoms with Crippen molar-refractivity contribution in [2.24, 2.45) is 5.90 Å². The van der Waals surface area contributed by atoms with Crippen molar-refractivity contribution in [3.8, 4) is 5.75 Å². The molecule has 0 bridgehead atoms. The lowest BCUT2D eigenvalue weighted by Gasteiger charge is -2.24. The summed E-state index contributed by atoms with van der Waals surface area (Å²) >= 11 is 3.49. The Morgan fingerprint density at radius 1 is 1.31 bits per heavy atom. The van der Waals surface area contributed by atoms with E-state index in [9.17, 15) is 0 Å². The maximum absolute atomic E-state index is 5.45. The van der Waals surface area contributed by atoms with Crippen LogP contribution in [-0.2, 0) is 16.9 Å². The summed E-state index contributed by atoms with van der Waals surface area (Å²) in [4.78, 5) is 4.69. The number of methoxy groups -OCH3 is 1. The maximum atomic E-state index is 5.45. The molecule has 16 heavy (non-hydrogen) atoms. The van der Waals surface area contributed by atoms with Gasteiger partial charge in [-0.15, -0.1) is 0 Å². The zero-order chi connectivity index (χ0) is 12.3. The van der Waals surface area contributed by atoms with Gasteiger partial charge in [0.15, 0.2) is 0 Å². The van der Waals surface area contributed by atoms with Gasteiger partial charge in [0.05, 0.1) is 13.7 Å². The molecular weight excluding hydrogens is 270 g/mol. The summed E-state index contributed by atoms with van der Waals surface area (Å²) in [6.07, 6.45) is 0. The van der Waals surface area contributed by atoms with Crippen molar-refractivity contribution in [2.45, 2.75) is 32.8 Å². The Kier molecular flexibility index (Phi) is 4.35. The lowest BCUT2D eigenvalue weighted by Crippen LogP contribution is -2.14. The monoisotopic (exact) mass is 287 g/mol. The maximum Gasteiger partial charge on any atom is 0.128 e. The van der Waals surface area contributed by atoms with E-state index in [0.29, 0.717) is 6.61 Å². The summed E-state index contributed by atoms with van der Waals surface area (Å²) in [6, 6.07) is 4.03. The molecular formula is C12H18BrNO2. The Hall–Kier alpha value is -0.580. The number of halogens is 1. The van der Waals surface area contributed by atoms with Crippen molar-refractivity contribution in [3.63, 3.8) is 0 Å². The number of hydrogen-bond donors (Lipinski definition) is 1. The van der Waals surface area contributed by atoms with Crippen LogP contribution < -0.4 is 10.6 Å². The average molecular weight is 288 g/mol. The first-order valence-corrected chi connectivity index (χ1v) is 5.88. The highest BCUT2D eigenvalue weighted by molar-refractivity contribution is 9.10. The molecule has 0 saturated carbocycles. The van der Waals surface area contributed by atoms with Crippen LogP contribution in [0, 0.1) is 0 Å². The molecule has 1 aromatic carbocycles. The fourth-order valence-electron chi connectivity index (χ4n) is 1.65. The first-order chi connectivity index (χ1) is 7.40. The Bertz CT molecular complexity index is 372. The SMILES string of the molecule is COc1c(CON)cc(Br)cc1C(C)(C)C. The summed E-state index contributed by atoms with van der Waals surface area (Å²) in [5.74, 6) is 5.97. The average Bonchev–Trinajstić information content (AvgIpc) is 2.16. The minimum absolute atomic E-state index is 0.0124. The van der Waals surface area contributed by atoms with Gasteiger partial charge in [-0.3, -0.25) is 4.84 Å². The molecule has 0 unspecified atom stereocenters. The van der Waals surface area contributed by atoms with Gasteiger partial charge < -0.3 is 4.74 Å². The first-order valence-electron chi connectivity index (χ1n) is 5.08. The highest BCUT2D eigenvalue weighted by atomic mass is 79.9. The van der Waals surface area contributed by atoms with Gasteiger partial charge in [0.1, 0.15) is 5.75 Å². The highest BCUT2D eigenvalue weighted by Crippen LogP contribution is 2.36. The van der Waals surface area contributed by atoms with Gasteiger partial charge >= 0.3 is 0 Å². The quantitative estimate of drug-likeness (QED) is 0.869. The molecule has 90 valence electrons. The molecule has 2 N–H and O–H groups in total. The van der Waals surface area contributed by atoms with Crippen molar-refractivity contribution in [1.29, 1.82) is 0 Å². The fraction of sp³-hybridized carbons (Fsp3) is 0.500. The molecule has 0 spiro atoms. The largest absolute Gasteiger partial charge is 0.496 e. The van der Waals surface area contributed by atoms with Gasteiger partial charge in [0, 0.05) is 15.6 Å². The van der Waals surface area contributed by atoms with Crippen LogP contribution in [0.1, 0.15) is 31.9 Å². The number of rotatable bonds is 3. The van der Waals surface area contributed by atoms with Crippen molar-refractivity contribution >= 4 is 15.9 Å². The second-order valence-electron chi connectivity index (χ2n) is 4.71. The molecule has 0 aromatic heterocycles. The fourth-order valence-corrected chi connectivity index (χ4v) is 2.15. The summed E-state index contributed by atoms with van der Waals surface area (Å²) in [5, 5.41) is 0. The van der Waals surface area contributed by atoms with Gasteiger partial charge in [-0.2, -0.15) is 0 Å². The topological polar surface area (TPSA) is 44.5 Å². The van der Waals surface area contributed by atoms with Crippen LogP contribution in [0.4, 0.5) is 0 Å². The second-order valence-corrected chi connectivity index (χ2v) is 5.62. The predicted octanol–water partition coefficient (Wildman–Crippen LogP) is 3.15. The summed E-state index contributed by atoms with van der Waals surface area (Å²) in [5.41, 5.74) is 2.10. The third-order valence-corrected chi connectivity index (χ3v) is 2.84. The molecule has 0 atom stereocenters. The van der Waals surface area contributed by atoms with Crippen LogP contribution >= 0.6 is 15.9 Å². The zero-order valence-corrected chi connectivity index (χ0v) is 11.7. The van der Waals surface area contributed by atoms with E-state index >= 15 is 0 Å². The first kappa shape index (κ1) is 13.5. The molecule has 4 heteroatoms. The van der Waals surface area contributed by atoms with Gasteiger partial charge in [0.2, 0.25) is 0 Å². The number of nitrogens with two attached hydrogens (primary N) is 1. The molecule has 0 saturated heterocycles. The minimum Gasteiger partial charge on any atom is -0.496 e. The van der Waals surface area contributed by atoms with E-state index in [4.69, 9.17) is 15.5 Å². The molecule has 0 aliphatic heterocycles. The zero-order valence-electron chi connectivity index (χ0n) is 10.1. The van der Waals surface area contributed by atoms with Crippen LogP contribution in [-0.4, -0.2) is 7.11 Å². The molecule has 1 rings (SSSR count). The standard InChI is InChI=1S/C12H18BrNO2/c1-12(2,3)10-6-9(13)5-8(7-16-14)11(10)15-4/h5-6H,7,14H2,1-4H3. The molecule has 0 fully saturated rings. The van der Waals surface area contributed by atoms with Crippen LogP contribution in [0.2, 0.25) is 0 Å². The smallest absolute Gasteiger partial charge is 0.128 e. The summed E-state index contributed by atoms with van der Waals surface area (Å²) in [7, 11) is 1.67. The number of ether oxygens (including phenoxy) is 1. The van der Waals surface area contributed by atoms with Crippen molar-refractivity contribution < 1.29 is 9.57 Å². The Balaban J connectivity index is 3.36. The molecule has 0 aliphatic carbocycles. The molecule has 0 heterocycles. The van der Waals surface area contributed by atoms with Crippen molar-refractivity contribution in [1.82, 2.24) is 0 Å². The van der Waals surface area contributed by atoms with E-state index < -0.39 is 0 Å². The van der Waals surface area contributed by atoms with Crippen LogP contribution in [0.5, 0.6) is 5.75 Å². The van der Waals surface area contributed by atoms with E-state index in [0.717, 1.165) is 21.3 Å². The Labute approximate surface area is 105 Å². The van der Waals surface area contributed by atoms with Crippen molar-refractivity contribution in [3.05, 3.63) is 27.7 Å². The minimum atomic E-state index is 0.0124. The van der Waals surface area contributed by atoms with Gasteiger partial charge in [-0.05, 0) is 17.5 Å². The van der Waals surface area contributed by atoms with E-state index in [2.05, 4.69) is 42.8 Å². The van der Waals surface area contributed by atoms with E-state index in [-0.39, 0.29) is 5.41 Å². The number of benzene rings is 1. The molecule has 0 amide bonds. The predicted molar refractivity (Wildman–Crippen MR) is 68.4 cm³/mol. The normalized spacial score (nSPS) is 11.6. The van der Waals surface area contributed by atoms with Gasteiger partial charge in [-0.25, -0.2) is 5.90 Å². The molecule has 0 aliphatic rings. The van der Waals surface area contributed by atoms with Gasteiger partial charge in [0.25, 0.3) is 0 Å². The van der Waals surface area contributed by atoms with Gasteiger partial charge in [-0.1, -0.05) is 36.7 Å². The lowest BCUT2D eigenvalue weighted by atomic mass is 9.85. The molecule has 3 nitrogen and oxygen atoms in total. The van der Waals surface area contributed by atoms with Crippen molar-refractivity contribution in [2.75, 3.05) is 7.11 Å². The Morgan fingerprint density at radius 3 is 2.38 bits per heavy atom.